The Bertz CT molecular complexity index is 335. The van der Waals surface area contributed by atoms with E-state index in [-0.39, 0.29) is 0 Å². The molecule has 0 N–H and O–H groups in total. The molecule has 1 aliphatic heterocycles. The largest absolute Gasteiger partial charge is 0.296 e. The summed E-state index contributed by atoms with van der Waals surface area (Å²) in [6.45, 7) is 4.73. The maximum absolute atomic E-state index is 4.50. The van der Waals surface area contributed by atoms with E-state index in [1.165, 1.54) is 44.3 Å². The highest BCUT2D eigenvalue weighted by atomic mass is 32.2. The predicted molar refractivity (Wildman–Crippen MR) is 74.5 cm³/mol. The topological polar surface area (TPSA) is 16.1 Å². The Kier molecular flexibility index (Phi) is 4.86. The lowest BCUT2D eigenvalue weighted by molar-refractivity contribution is 0.148. The molecule has 0 saturated carbocycles. The van der Waals surface area contributed by atoms with E-state index in [4.69, 9.17) is 0 Å². The molecule has 0 spiro atoms. The molecule has 2 nitrogen and oxygen atoms in total. The number of rotatable bonds is 4. The van der Waals surface area contributed by atoms with Crippen molar-refractivity contribution in [3.63, 3.8) is 0 Å². The maximum Gasteiger partial charge on any atom is 0.0957 e. The van der Waals surface area contributed by atoms with E-state index in [0.717, 1.165) is 5.03 Å². The lowest BCUT2D eigenvalue weighted by atomic mass is 9.96. The SMILES string of the molecule is CCCN1CCCCC1c1ccc(SC)nc1. The molecule has 17 heavy (non-hydrogen) atoms. The van der Waals surface area contributed by atoms with Gasteiger partial charge in [0.25, 0.3) is 0 Å². The monoisotopic (exact) mass is 250 g/mol. The molecule has 3 heteroatoms. The number of thioether (sulfide) groups is 1. The third-order valence-corrected chi connectivity index (χ3v) is 4.14. The second kappa shape index (κ2) is 6.41. The zero-order chi connectivity index (χ0) is 12.1. The summed E-state index contributed by atoms with van der Waals surface area (Å²) in [5, 5.41) is 1.12. The summed E-state index contributed by atoms with van der Waals surface area (Å²) in [5.41, 5.74) is 1.40. The van der Waals surface area contributed by atoms with Crippen molar-refractivity contribution < 1.29 is 0 Å². The molecule has 1 fully saturated rings. The Morgan fingerprint density at radius 2 is 2.29 bits per heavy atom. The van der Waals surface area contributed by atoms with Crippen LogP contribution in [0.2, 0.25) is 0 Å². The highest BCUT2D eigenvalue weighted by Gasteiger charge is 2.23. The molecule has 1 saturated heterocycles. The van der Waals surface area contributed by atoms with Crippen LogP contribution >= 0.6 is 11.8 Å². The van der Waals surface area contributed by atoms with Gasteiger partial charge in [-0.1, -0.05) is 19.4 Å². The first-order valence-corrected chi connectivity index (χ1v) is 7.81. The average molecular weight is 250 g/mol. The van der Waals surface area contributed by atoms with Crippen LogP contribution in [0.15, 0.2) is 23.4 Å². The van der Waals surface area contributed by atoms with Crippen LogP contribution in [-0.2, 0) is 0 Å². The molecule has 94 valence electrons. The van der Waals surface area contributed by atoms with Crippen molar-refractivity contribution in [3.05, 3.63) is 23.9 Å². The summed E-state index contributed by atoms with van der Waals surface area (Å²) < 4.78 is 0. The van der Waals surface area contributed by atoms with E-state index in [1.54, 1.807) is 11.8 Å². The summed E-state index contributed by atoms with van der Waals surface area (Å²) in [6, 6.07) is 5.02. The van der Waals surface area contributed by atoms with Crippen molar-refractivity contribution >= 4 is 11.8 Å². The quantitative estimate of drug-likeness (QED) is 0.757. The van der Waals surface area contributed by atoms with Crippen LogP contribution in [0.4, 0.5) is 0 Å². The minimum Gasteiger partial charge on any atom is -0.296 e. The number of likely N-dealkylation sites (tertiary alicyclic amines) is 1. The molecule has 2 rings (SSSR count). The average Bonchev–Trinajstić information content (AvgIpc) is 2.40. The van der Waals surface area contributed by atoms with E-state index in [0.29, 0.717) is 6.04 Å². The van der Waals surface area contributed by atoms with Crippen LogP contribution in [0.5, 0.6) is 0 Å². The van der Waals surface area contributed by atoms with Gasteiger partial charge in [0.1, 0.15) is 0 Å². The van der Waals surface area contributed by atoms with Crippen molar-refractivity contribution in [1.82, 2.24) is 9.88 Å². The molecule has 0 aromatic carbocycles. The zero-order valence-electron chi connectivity index (χ0n) is 10.9. The Morgan fingerprint density at radius 3 is 2.94 bits per heavy atom. The first-order valence-electron chi connectivity index (χ1n) is 6.59. The standard InChI is InChI=1S/C14H22N2S/c1-3-9-16-10-5-4-6-13(16)12-7-8-14(17-2)15-11-12/h7-8,11,13H,3-6,9-10H2,1-2H3. The van der Waals surface area contributed by atoms with Gasteiger partial charge in [0.05, 0.1) is 5.03 Å². The number of aromatic nitrogens is 1. The molecule has 0 radical (unpaired) electrons. The minimum absolute atomic E-state index is 0.604. The number of pyridine rings is 1. The smallest absolute Gasteiger partial charge is 0.0957 e. The van der Waals surface area contributed by atoms with Gasteiger partial charge in [0.15, 0.2) is 0 Å². The summed E-state index contributed by atoms with van der Waals surface area (Å²) >= 11 is 1.71. The fourth-order valence-electron chi connectivity index (χ4n) is 2.63. The van der Waals surface area contributed by atoms with Crippen LogP contribution in [0.3, 0.4) is 0 Å². The molecule has 1 aliphatic rings. The summed E-state index contributed by atoms with van der Waals surface area (Å²) in [6.07, 6.45) is 9.39. The molecular weight excluding hydrogens is 228 g/mol. The molecule has 1 aromatic heterocycles. The fourth-order valence-corrected chi connectivity index (χ4v) is 3.00. The van der Waals surface area contributed by atoms with Crippen molar-refractivity contribution in [2.75, 3.05) is 19.3 Å². The molecule has 1 unspecified atom stereocenters. The Morgan fingerprint density at radius 1 is 1.41 bits per heavy atom. The van der Waals surface area contributed by atoms with Crippen molar-refractivity contribution in [2.45, 2.75) is 43.7 Å². The number of nitrogens with zero attached hydrogens (tertiary/aromatic N) is 2. The zero-order valence-corrected chi connectivity index (χ0v) is 11.7. The predicted octanol–water partition coefficient (Wildman–Crippen LogP) is 3.74. The van der Waals surface area contributed by atoms with Gasteiger partial charge in [-0.15, -0.1) is 11.8 Å². The van der Waals surface area contributed by atoms with Gasteiger partial charge in [-0.25, -0.2) is 4.98 Å². The van der Waals surface area contributed by atoms with Crippen molar-refractivity contribution in [2.24, 2.45) is 0 Å². The van der Waals surface area contributed by atoms with Crippen LogP contribution in [-0.4, -0.2) is 29.2 Å². The molecular formula is C14H22N2S. The molecule has 0 aliphatic carbocycles. The van der Waals surface area contributed by atoms with Crippen LogP contribution in [0, 0.1) is 0 Å². The molecule has 2 heterocycles. The van der Waals surface area contributed by atoms with Gasteiger partial charge < -0.3 is 0 Å². The van der Waals surface area contributed by atoms with Gasteiger partial charge in [0.2, 0.25) is 0 Å². The van der Waals surface area contributed by atoms with Crippen LogP contribution in [0.1, 0.15) is 44.2 Å². The molecule has 0 bridgehead atoms. The molecule has 0 amide bonds. The molecule has 1 aromatic rings. The third kappa shape index (κ3) is 3.23. The first kappa shape index (κ1) is 12.9. The minimum atomic E-state index is 0.604. The Hall–Kier alpha value is -0.540. The Labute approximate surface area is 109 Å². The number of hydrogen-bond acceptors (Lipinski definition) is 3. The normalized spacial score (nSPS) is 21.6. The lowest BCUT2D eigenvalue weighted by Gasteiger charge is -2.35. The summed E-state index contributed by atoms with van der Waals surface area (Å²) in [7, 11) is 0. The number of hydrogen-bond donors (Lipinski definition) is 0. The highest BCUT2D eigenvalue weighted by molar-refractivity contribution is 7.98. The first-order chi connectivity index (χ1) is 8.35. The van der Waals surface area contributed by atoms with Crippen molar-refractivity contribution in [3.8, 4) is 0 Å². The van der Waals surface area contributed by atoms with Crippen molar-refractivity contribution in [1.29, 1.82) is 0 Å². The summed E-state index contributed by atoms with van der Waals surface area (Å²) in [5.74, 6) is 0. The van der Waals surface area contributed by atoms with E-state index in [1.807, 2.05) is 0 Å². The van der Waals surface area contributed by atoms with Gasteiger partial charge in [-0.05, 0) is 50.2 Å². The maximum atomic E-state index is 4.50. The van der Waals surface area contributed by atoms with E-state index < -0.39 is 0 Å². The van der Waals surface area contributed by atoms with Crippen LogP contribution < -0.4 is 0 Å². The highest BCUT2D eigenvalue weighted by Crippen LogP contribution is 2.30. The van der Waals surface area contributed by atoms with Gasteiger partial charge in [-0.3, -0.25) is 4.90 Å². The summed E-state index contributed by atoms with van der Waals surface area (Å²) in [4.78, 5) is 7.13. The second-order valence-corrected chi connectivity index (χ2v) is 5.51. The lowest BCUT2D eigenvalue weighted by Crippen LogP contribution is -2.34. The van der Waals surface area contributed by atoms with Crippen LogP contribution in [0.25, 0.3) is 0 Å². The van der Waals surface area contributed by atoms with Gasteiger partial charge in [0, 0.05) is 12.2 Å². The fraction of sp³-hybridized carbons (Fsp3) is 0.643. The van der Waals surface area contributed by atoms with Gasteiger partial charge in [-0.2, -0.15) is 0 Å². The van der Waals surface area contributed by atoms with E-state index in [9.17, 15) is 0 Å². The molecule has 1 atom stereocenters. The van der Waals surface area contributed by atoms with E-state index >= 15 is 0 Å². The van der Waals surface area contributed by atoms with E-state index in [2.05, 4.69) is 41.4 Å². The second-order valence-electron chi connectivity index (χ2n) is 4.68. The van der Waals surface area contributed by atoms with Gasteiger partial charge >= 0.3 is 0 Å². The third-order valence-electron chi connectivity index (χ3n) is 3.48. The Balaban J connectivity index is 2.11. The number of piperidine rings is 1.